The highest BCUT2D eigenvalue weighted by molar-refractivity contribution is 9.10. The predicted molar refractivity (Wildman–Crippen MR) is 117 cm³/mol. The van der Waals surface area contributed by atoms with Gasteiger partial charge in [0.15, 0.2) is 11.5 Å². The van der Waals surface area contributed by atoms with Gasteiger partial charge in [0.2, 0.25) is 0 Å². The third kappa shape index (κ3) is 6.63. The molecule has 0 heterocycles. The molecule has 0 saturated carbocycles. The zero-order chi connectivity index (χ0) is 21.9. The Balaban J connectivity index is 1.85. The second-order valence-electron chi connectivity index (χ2n) is 5.84. The lowest BCUT2D eigenvalue weighted by Gasteiger charge is -2.09. The average Bonchev–Trinajstić information content (AvgIpc) is 2.76. The van der Waals surface area contributed by atoms with Crippen LogP contribution in [0.15, 0.2) is 58.6 Å². The minimum Gasteiger partial charge on any atom is -0.493 e. The first-order valence-corrected chi connectivity index (χ1v) is 9.63. The highest BCUT2D eigenvalue weighted by Crippen LogP contribution is 2.27. The number of nitrogens with zero attached hydrogens (tertiary/aromatic N) is 1. The first-order chi connectivity index (χ1) is 14.5. The van der Waals surface area contributed by atoms with Gasteiger partial charge in [0, 0.05) is 5.56 Å². The minimum absolute atomic E-state index is 0.234. The van der Waals surface area contributed by atoms with Crippen molar-refractivity contribution < 1.29 is 23.8 Å². The first kappa shape index (κ1) is 23.0. The van der Waals surface area contributed by atoms with Crippen molar-refractivity contribution in [2.75, 3.05) is 27.4 Å². The number of ether oxygens (including phenoxy) is 3. The molecule has 158 valence electrons. The number of amides is 2. The Kier molecular flexibility index (Phi) is 8.89. The normalized spacial score (nSPS) is 10.4. The molecule has 0 radical (unpaired) electrons. The Hall–Kier alpha value is -3.33. The zero-order valence-electron chi connectivity index (χ0n) is 16.6. The van der Waals surface area contributed by atoms with Crippen LogP contribution in [-0.4, -0.2) is 45.4 Å². The van der Waals surface area contributed by atoms with E-state index in [0.29, 0.717) is 29.4 Å². The van der Waals surface area contributed by atoms with E-state index in [4.69, 9.17) is 14.2 Å². The van der Waals surface area contributed by atoms with E-state index >= 15 is 0 Å². The second kappa shape index (κ2) is 11.6. The topological polar surface area (TPSA) is 98.2 Å². The van der Waals surface area contributed by atoms with Gasteiger partial charge < -0.3 is 19.5 Å². The van der Waals surface area contributed by atoms with Gasteiger partial charge in [0.25, 0.3) is 11.8 Å². The van der Waals surface area contributed by atoms with Gasteiger partial charge >= 0.3 is 0 Å². The van der Waals surface area contributed by atoms with E-state index < -0.39 is 11.8 Å². The van der Waals surface area contributed by atoms with Crippen molar-refractivity contribution in [1.82, 2.24) is 10.7 Å². The molecule has 0 atom stereocenters. The summed E-state index contributed by atoms with van der Waals surface area (Å²) in [6, 6.07) is 10.1. The predicted octanol–water partition coefficient (Wildman–Crippen LogP) is 2.91. The summed E-state index contributed by atoms with van der Waals surface area (Å²) in [7, 11) is 2.98. The van der Waals surface area contributed by atoms with Crippen molar-refractivity contribution in [3.8, 4) is 17.2 Å². The van der Waals surface area contributed by atoms with E-state index in [0.717, 1.165) is 10.0 Å². The fourth-order valence-corrected chi connectivity index (χ4v) is 2.83. The Bertz CT molecular complexity index is 946. The standard InChI is InChI=1S/C21H22BrN3O5/c1-4-9-30-17-7-5-14(10-16(17)22)12-24-25-20(26)13-23-21(27)15-6-8-18(28-2)19(11-15)29-3/h4-8,10-12H,1,9,13H2,2-3H3,(H,23,27)(H,25,26)/b24-12-. The van der Waals surface area contributed by atoms with Crippen molar-refractivity contribution in [2.45, 2.75) is 0 Å². The van der Waals surface area contributed by atoms with Crippen molar-refractivity contribution in [3.05, 3.63) is 64.7 Å². The number of hydrazone groups is 1. The summed E-state index contributed by atoms with van der Waals surface area (Å²) in [6.07, 6.45) is 3.14. The first-order valence-electron chi connectivity index (χ1n) is 8.83. The zero-order valence-corrected chi connectivity index (χ0v) is 18.2. The summed E-state index contributed by atoms with van der Waals surface area (Å²) in [5, 5.41) is 6.40. The lowest BCUT2D eigenvalue weighted by molar-refractivity contribution is -0.120. The van der Waals surface area contributed by atoms with Crippen molar-refractivity contribution in [3.63, 3.8) is 0 Å². The van der Waals surface area contributed by atoms with E-state index in [1.54, 1.807) is 36.4 Å². The molecule has 0 bridgehead atoms. The number of hydrogen-bond donors (Lipinski definition) is 2. The van der Waals surface area contributed by atoms with E-state index in [1.807, 2.05) is 0 Å². The Morgan fingerprint density at radius 1 is 1.10 bits per heavy atom. The minimum atomic E-state index is -0.468. The van der Waals surface area contributed by atoms with Gasteiger partial charge in [0.1, 0.15) is 12.4 Å². The maximum absolute atomic E-state index is 12.2. The van der Waals surface area contributed by atoms with Gasteiger partial charge in [-0.3, -0.25) is 9.59 Å². The molecule has 0 aliphatic rings. The van der Waals surface area contributed by atoms with Gasteiger partial charge in [-0.1, -0.05) is 12.7 Å². The van der Waals surface area contributed by atoms with E-state index in [1.165, 1.54) is 26.5 Å². The summed E-state index contributed by atoms with van der Waals surface area (Å²) >= 11 is 3.41. The number of halogens is 1. The number of carbonyl (C=O) groups is 2. The summed E-state index contributed by atoms with van der Waals surface area (Å²) in [4.78, 5) is 24.1. The number of benzene rings is 2. The van der Waals surface area contributed by atoms with Crippen molar-refractivity contribution in [1.29, 1.82) is 0 Å². The van der Waals surface area contributed by atoms with Crippen LogP contribution in [0.4, 0.5) is 0 Å². The fraction of sp³-hybridized carbons (Fsp3) is 0.190. The molecule has 2 aromatic rings. The maximum atomic E-state index is 12.2. The van der Waals surface area contributed by atoms with Crippen LogP contribution < -0.4 is 25.0 Å². The number of rotatable bonds is 10. The molecule has 0 unspecified atom stereocenters. The van der Waals surface area contributed by atoms with Gasteiger partial charge in [-0.05, 0) is 57.9 Å². The Morgan fingerprint density at radius 3 is 2.50 bits per heavy atom. The molecule has 0 spiro atoms. The van der Waals surface area contributed by atoms with Crippen LogP contribution in [0.3, 0.4) is 0 Å². The third-order valence-electron chi connectivity index (χ3n) is 3.77. The highest BCUT2D eigenvalue weighted by atomic mass is 79.9. The summed E-state index contributed by atoms with van der Waals surface area (Å²) < 4.78 is 16.5. The molecular weight excluding hydrogens is 454 g/mol. The monoisotopic (exact) mass is 475 g/mol. The lowest BCUT2D eigenvalue weighted by Crippen LogP contribution is -2.34. The van der Waals surface area contributed by atoms with E-state index in [2.05, 4.69) is 38.4 Å². The molecule has 0 aliphatic carbocycles. The lowest BCUT2D eigenvalue weighted by atomic mass is 10.2. The smallest absolute Gasteiger partial charge is 0.259 e. The molecule has 0 fully saturated rings. The number of nitrogens with one attached hydrogen (secondary N) is 2. The summed E-state index contributed by atoms with van der Waals surface area (Å²) in [5.41, 5.74) is 3.45. The molecule has 2 amide bonds. The quantitative estimate of drug-likeness (QED) is 0.312. The van der Waals surface area contributed by atoms with Crippen molar-refractivity contribution in [2.24, 2.45) is 5.10 Å². The fourth-order valence-electron chi connectivity index (χ4n) is 2.32. The molecular formula is C21H22BrN3O5. The van der Waals surface area contributed by atoms with E-state index in [9.17, 15) is 9.59 Å². The summed E-state index contributed by atoms with van der Waals surface area (Å²) in [6.45, 7) is 3.77. The molecule has 2 rings (SSSR count). The van der Waals surface area contributed by atoms with Gasteiger partial charge in [0.05, 0.1) is 31.5 Å². The second-order valence-corrected chi connectivity index (χ2v) is 6.69. The van der Waals surface area contributed by atoms with Gasteiger partial charge in [-0.25, -0.2) is 5.43 Å². The van der Waals surface area contributed by atoms with Crippen molar-refractivity contribution >= 4 is 34.0 Å². The Labute approximate surface area is 183 Å². The molecule has 8 nitrogen and oxygen atoms in total. The van der Waals surface area contributed by atoms with E-state index in [-0.39, 0.29) is 6.54 Å². The third-order valence-corrected chi connectivity index (χ3v) is 4.39. The van der Waals surface area contributed by atoms with Crippen LogP contribution in [-0.2, 0) is 4.79 Å². The molecule has 0 aliphatic heterocycles. The van der Waals surface area contributed by atoms with Crippen LogP contribution in [0.1, 0.15) is 15.9 Å². The van der Waals surface area contributed by atoms with Crippen LogP contribution in [0.25, 0.3) is 0 Å². The van der Waals surface area contributed by atoms with Gasteiger partial charge in [-0.15, -0.1) is 0 Å². The molecule has 2 aromatic carbocycles. The molecule has 9 heteroatoms. The van der Waals surface area contributed by atoms with Gasteiger partial charge in [-0.2, -0.15) is 5.10 Å². The molecule has 0 saturated heterocycles. The summed E-state index contributed by atoms with van der Waals surface area (Å²) in [5.74, 6) is 0.715. The van der Waals surface area contributed by atoms with Crippen LogP contribution >= 0.6 is 15.9 Å². The van der Waals surface area contributed by atoms with Crippen LogP contribution in [0.5, 0.6) is 17.2 Å². The van der Waals surface area contributed by atoms with Crippen LogP contribution in [0, 0.1) is 0 Å². The largest absolute Gasteiger partial charge is 0.493 e. The number of hydrogen-bond acceptors (Lipinski definition) is 6. The molecule has 2 N–H and O–H groups in total. The molecule has 0 aromatic heterocycles. The number of carbonyl (C=O) groups excluding carboxylic acids is 2. The molecule has 30 heavy (non-hydrogen) atoms. The Morgan fingerprint density at radius 2 is 1.83 bits per heavy atom. The average molecular weight is 476 g/mol. The van der Waals surface area contributed by atoms with Crippen LogP contribution in [0.2, 0.25) is 0 Å². The maximum Gasteiger partial charge on any atom is 0.259 e. The highest BCUT2D eigenvalue weighted by Gasteiger charge is 2.11. The SMILES string of the molecule is C=CCOc1ccc(/C=N\NC(=O)CNC(=O)c2ccc(OC)c(OC)c2)cc1Br. The number of methoxy groups -OCH3 is 2.